The van der Waals surface area contributed by atoms with Gasteiger partial charge >= 0.3 is 0 Å². The van der Waals surface area contributed by atoms with Crippen LogP contribution in [0.2, 0.25) is 0 Å². The standard InChI is InChI=1S/C17H26N4O/c1-14-6-10-20(11-7-14)16(22)15-12-18-17(19-13-15)21-8-4-2-3-5-9-21/h12-14H,2-11H2,1H3. The fourth-order valence-corrected chi connectivity index (χ4v) is 3.26. The van der Waals surface area contributed by atoms with Crippen LogP contribution in [0.25, 0.3) is 0 Å². The monoisotopic (exact) mass is 302 g/mol. The molecule has 0 bridgehead atoms. The van der Waals surface area contributed by atoms with Crippen molar-refractivity contribution in [3.63, 3.8) is 0 Å². The second-order valence-electron chi connectivity index (χ2n) is 6.65. The summed E-state index contributed by atoms with van der Waals surface area (Å²) in [6.07, 6.45) is 10.6. The summed E-state index contributed by atoms with van der Waals surface area (Å²) in [5.74, 6) is 1.57. The first kappa shape index (κ1) is 15.3. The van der Waals surface area contributed by atoms with E-state index in [2.05, 4.69) is 21.8 Å². The molecule has 1 aromatic heterocycles. The number of piperidine rings is 1. The topological polar surface area (TPSA) is 49.3 Å². The summed E-state index contributed by atoms with van der Waals surface area (Å²) in [6, 6.07) is 0. The van der Waals surface area contributed by atoms with E-state index in [0.29, 0.717) is 5.56 Å². The molecule has 0 radical (unpaired) electrons. The van der Waals surface area contributed by atoms with Crippen LogP contribution >= 0.6 is 0 Å². The van der Waals surface area contributed by atoms with E-state index < -0.39 is 0 Å². The molecule has 0 aliphatic carbocycles. The second kappa shape index (κ2) is 7.07. The summed E-state index contributed by atoms with van der Waals surface area (Å²) < 4.78 is 0. The number of amides is 1. The zero-order valence-corrected chi connectivity index (χ0v) is 13.5. The van der Waals surface area contributed by atoms with Gasteiger partial charge in [-0.15, -0.1) is 0 Å². The van der Waals surface area contributed by atoms with Crippen molar-refractivity contribution in [3.05, 3.63) is 18.0 Å². The van der Waals surface area contributed by atoms with E-state index in [1.807, 2.05) is 4.90 Å². The Balaban J connectivity index is 1.64. The molecular formula is C17H26N4O. The minimum Gasteiger partial charge on any atom is -0.341 e. The largest absolute Gasteiger partial charge is 0.341 e. The Labute approximate surface area is 132 Å². The van der Waals surface area contributed by atoms with Gasteiger partial charge in [0.2, 0.25) is 5.95 Å². The highest BCUT2D eigenvalue weighted by Gasteiger charge is 2.22. The predicted octanol–water partition coefficient (Wildman–Crippen LogP) is 2.73. The number of rotatable bonds is 2. The van der Waals surface area contributed by atoms with E-state index in [9.17, 15) is 4.79 Å². The number of carbonyl (C=O) groups is 1. The van der Waals surface area contributed by atoms with Crippen LogP contribution in [0.5, 0.6) is 0 Å². The number of aromatic nitrogens is 2. The van der Waals surface area contributed by atoms with Crippen LogP contribution < -0.4 is 4.90 Å². The minimum absolute atomic E-state index is 0.0781. The maximum atomic E-state index is 12.5. The van der Waals surface area contributed by atoms with Crippen molar-refractivity contribution in [1.82, 2.24) is 14.9 Å². The Morgan fingerprint density at radius 2 is 1.59 bits per heavy atom. The van der Waals surface area contributed by atoms with E-state index >= 15 is 0 Å². The molecular weight excluding hydrogens is 276 g/mol. The predicted molar refractivity (Wildman–Crippen MR) is 87.0 cm³/mol. The Morgan fingerprint density at radius 1 is 1.00 bits per heavy atom. The fourth-order valence-electron chi connectivity index (χ4n) is 3.26. The van der Waals surface area contributed by atoms with Crippen LogP contribution in [0.1, 0.15) is 55.8 Å². The first-order chi connectivity index (χ1) is 10.7. The third kappa shape index (κ3) is 3.57. The van der Waals surface area contributed by atoms with Gasteiger partial charge in [0.05, 0.1) is 5.56 Å². The highest BCUT2D eigenvalue weighted by molar-refractivity contribution is 5.93. The molecule has 0 unspecified atom stereocenters. The molecule has 2 aliphatic heterocycles. The summed E-state index contributed by atoms with van der Waals surface area (Å²) in [4.78, 5) is 25.5. The van der Waals surface area contributed by atoms with Gasteiger partial charge in [-0.05, 0) is 31.6 Å². The van der Waals surface area contributed by atoms with E-state index in [1.54, 1.807) is 12.4 Å². The Kier molecular flexibility index (Phi) is 4.90. The summed E-state index contributed by atoms with van der Waals surface area (Å²) >= 11 is 0. The van der Waals surface area contributed by atoms with E-state index in [-0.39, 0.29) is 5.91 Å². The molecule has 5 heteroatoms. The first-order valence-electron chi connectivity index (χ1n) is 8.60. The summed E-state index contributed by atoms with van der Waals surface area (Å²) in [5.41, 5.74) is 0.619. The molecule has 2 fully saturated rings. The number of nitrogens with zero attached hydrogens (tertiary/aromatic N) is 4. The maximum Gasteiger partial charge on any atom is 0.256 e. The van der Waals surface area contributed by atoms with E-state index in [4.69, 9.17) is 0 Å². The highest BCUT2D eigenvalue weighted by atomic mass is 16.2. The lowest BCUT2D eigenvalue weighted by molar-refractivity contribution is 0.0696. The molecule has 0 saturated carbocycles. The molecule has 0 aromatic carbocycles. The van der Waals surface area contributed by atoms with Gasteiger partial charge in [0.1, 0.15) is 0 Å². The molecule has 0 atom stereocenters. The van der Waals surface area contributed by atoms with Gasteiger partial charge in [-0.2, -0.15) is 0 Å². The van der Waals surface area contributed by atoms with Crippen molar-refractivity contribution in [2.24, 2.45) is 5.92 Å². The zero-order valence-electron chi connectivity index (χ0n) is 13.5. The zero-order chi connectivity index (χ0) is 15.4. The molecule has 1 amide bonds. The van der Waals surface area contributed by atoms with Crippen molar-refractivity contribution >= 4 is 11.9 Å². The summed E-state index contributed by atoms with van der Waals surface area (Å²) in [5, 5.41) is 0. The molecule has 120 valence electrons. The number of anilines is 1. The van der Waals surface area contributed by atoms with Gasteiger partial charge in [0.15, 0.2) is 0 Å². The minimum atomic E-state index is 0.0781. The number of likely N-dealkylation sites (tertiary alicyclic amines) is 1. The number of hydrogen-bond donors (Lipinski definition) is 0. The molecule has 5 nitrogen and oxygen atoms in total. The average Bonchev–Trinajstić information content (AvgIpc) is 2.84. The lowest BCUT2D eigenvalue weighted by Crippen LogP contribution is -2.38. The van der Waals surface area contributed by atoms with Crippen LogP contribution in [0.15, 0.2) is 12.4 Å². The summed E-state index contributed by atoms with van der Waals surface area (Å²) in [6.45, 7) is 6.01. The van der Waals surface area contributed by atoms with Gasteiger partial charge < -0.3 is 9.80 Å². The van der Waals surface area contributed by atoms with Gasteiger partial charge in [0, 0.05) is 38.6 Å². The van der Waals surface area contributed by atoms with Crippen LogP contribution in [0.4, 0.5) is 5.95 Å². The van der Waals surface area contributed by atoms with Crippen LogP contribution in [0.3, 0.4) is 0 Å². The maximum absolute atomic E-state index is 12.5. The van der Waals surface area contributed by atoms with Gasteiger partial charge in [-0.1, -0.05) is 19.8 Å². The van der Waals surface area contributed by atoms with E-state index in [0.717, 1.165) is 50.9 Å². The lowest BCUT2D eigenvalue weighted by Gasteiger charge is -2.30. The van der Waals surface area contributed by atoms with Crippen molar-refractivity contribution < 1.29 is 4.79 Å². The third-order valence-corrected chi connectivity index (χ3v) is 4.84. The molecule has 2 aliphatic rings. The normalized spacial score (nSPS) is 20.8. The molecule has 1 aromatic rings. The average molecular weight is 302 g/mol. The van der Waals surface area contributed by atoms with Crippen LogP contribution in [-0.2, 0) is 0 Å². The first-order valence-corrected chi connectivity index (χ1v) is 8.60. The van der Waals surface area contributed by atoms with Gasteiger partial charge in [-0.25, -0.2) is 9.97 Å². The van der Waals surface area contributed by atoms with Crippen LogP contribution in [-0.4, -0.2) is 47.0 Å². The molecule has 3 heterocycles. The number of hydrogen-bond acceptors (Lipinski definition) is 4. The second-order valence-corrected chi connectivity index (χ2v) is 6.65. The van der Waals surface area contributed by atoms with Gasteiger partial charge in [-0.3, -0.25) is 4.79 Å². The SMILES string of the molecule is CC1CCN(C(=O)c2cnc(N3CCCCCC3)nc2)CC1. The van der Waals surface area contributed by atoms with Crippen molar-refractivity contribution in [2.75, 3.05) is 31.1 Å². The van der Waals surface area contributed by atoms with E-state index in [1.165, 1.54) is 25.7 Å². The van der Waals surface area contributed by atoms with Crippen LogP contribution in [0, 0.1) is 5.92 Å². The number of carbonyl (C=O) groups excluding carboxylic acids is 1. The molecule has 22 heavy (non-hydrogen) atoms. The smallest absolute Gasteiger partial charge is 0.256 e. The third-order valence-electron chi connectivity index (χ3n) is 4.84. The lowest BCUT2D eigenvalue weighted by atomic mass is 9.99. The fraction of sp³-hybridized carbons (Fsp3) is 0.706. The highest BCUT2D eigenvalue weighted by Crippen LogP contribution is 2.19. The van der Waals surface area contributed by atoms with Crippen molar-refractivity contribution in [3.8, 4) is 0 Å². The Bertz CT molecular complexity index is 486. The molecule has 3 rings (SSSR count). The van der Waals surface area contributed by atoms with Crippen molar-refractivity contribution in [2.45, 2.75) is 45.4 Å². The molecule has 0 N–H and O–H groups in total. The Hall–Kier alpha value is -1.65. The Morgan fingerprint density at radius 3 is 2.18 bits per heavy atom. The molecule has 2 saturated heterocycles. The molecule has 0 spiro atoms. The van der Waals surface area contributed by atoms with Gasteiger partial charge in [0.25, 0.3) is 5.91 Å². The quantitative estimate of drug-likeness (QED) is 0.843. The van der Waals surface area contributed by atoms with Crippen molar-refractivity contribution in [1.29, 1.82) is 0 Å². The summed E-state index contributed by atoms with van der Waals surface area (Å²) in [7, 11) is 0.